The number of allylic oxidation sites excluding steroid dienone is 3. The number of benzene rings is 1. The summed E-state index contributed by atoms with van der Waals surface area (Å²) in [5, 5.41) is 13.5. The van der Waals surface area contributed by atoms with Crippen LogP contribution >= 0.6 is 0 Å². The number of hydrogen-bond acceptors (Lipinski definition) is 5. The molecule has 0 saturated heterocycles. The molecule has 3 rings (SSSR count). The third-order valence-corrected chi connectivity index (χ3v) is 3.66. The van der Waals surface area contributed by atoms with Crippen molar-refractivity contribution in [1.82, 2.24) is 14.8 Å². The van der Waals surface area contributed by atoms with E-state index < -0.39 is 5.97 Å². The number of aromatic carboxylic acids is 1. The van der Waals surface area contributed by atoms with E-state index in [1.165, 1.54) is 23.2 Å². The minimum absolute atomic E-state index is 0.0830. The molecule has 7 heteroatoms. The van der Waals surface area contributed by atoms with Crippen LogP contribution in [0.4, 0.5) is 0 Å². The summed E-state index contributed by atoms with van der Waals surface area (Å²) in [6.45, 7) is 7.46. The summed E-state index contributed by atoms with van der Waals surface area (Å²) in [5.74, 6) is -0.692. The van der Waals surface area contributed by atoms with Gasteiger partial charge in [-0.15, -0.1) is 0 Å². The Morgan fingerprint density at radius 1 is 1.40 bits per heavy atom. The first-order valence-electron chi connectivity index (χ1n) is 7.55. The molecule has 126 valence electrons. The number of aliphatic imine (C=N–C) groups is 1. The maximum atomic E-state index is 11.4. The molecule has 0 aliphatic rings. The monoisotopic (exact) mass is 336 g/mol. The Labute approximate surface area is 143 Å². The van der Waals surface area contributed by atoms with Crippen LogP contribution < -0.4 is 0 Å². The summed E-state index contributed by atoms with van der Waals surface area (Å²) in [5.41, 5.74) is 3.30. The van der Waals surface area contributed by atoms with Gasteiger partial charge in [0, 0.05) is 11.3 Å². The van der Waals surface area contributed by atoms with E-state index in [1.54, 1.807) is 12.1 Å². The second kappa shape index (κ2) is 6.56. The van der Waals surface area contributed by atoms with Crippen molar-refractivity contribution in [3.05, 3.63) is 60.8 Å². The van der Waals surface area contributed by atoms with Gasteiger partial charge in [0.25, 0.3) is 0 Å². The Hall–Kier alpha value is -3.48. The fourth-order valence-corrected chi connectivity index (χ4v) is 2.31. The minimum Gasteiger partial charge on any atom is -0.476 e. The fourth-order valence-electron chi connectivity index (χ4n) is 2.31. The van der Waals surface area contributed by atoms with Crippen molar-refractivity contribution in [2.45, 2.75) is 13.8 Å². The highest BCUT2D eigenvalue weighted by Crippen LogP contribution is 2.25. The van der Waals surface area contributed by atoms with Crippen molar-refractivity contribution in [2.24, 2.45) is 4.99 Å². The highest BCUT2D eigenvalue weighted by atomic mass is 16.4. The number of rotatable bonds is 4. The van der Waals surface area contributed by atoms with Crippen LogP contribution in [0.25, 0.3) is 22.4 Å². The highest BCUT2D eigenvalue weighted by molar-refractivity contribution is 5.99. The van der Waals surface area contributed by atoms with Crippen molar-refractivity contribution >= 4 is 22.9 Å². The lowest BCUT2D eigenvalue weighted by Crippen LogP contribution is -2.13. The number of carboxylic acid groups (broad SMARTS) is 1. The smallest absolute Gasteiger partial charge is 0.356 e. The minimum atomic E-state index is -1.12. The number of carboxylic acids is 1. The Morgan fingerprint density at radius 3 is 2.88 bits per heavy atom. The van der Waals surface area contributed by atoms with Crippen molar-refractivity contribution in [1.29, 1.82) is 0 Å². The standard InChI is InChI=1S/C18H16N4O3/c1-4-11(3)20-17(5-2)22-15(9-14(21-22)18(23)24)12-6-7-13-16(8-12)25-10-19-13/h4-10H,2H2,1,3H3,(H,23,24)/b11-4-,20-17+. The highest BCUT2D eigenvalue weighted by Gasteiger charge is 2.18. The molecule has 7 nitrogen and oxygen atoms in total. The van der Waals surface area contributed by atoms with Gasteiger partial charge in [-0.2, -0.15) is 5.10 Å². The van der Waals surface area contributed by atoms with Crippen LogP contribution in [0.1, 0.15) is 24.3 Å². The number of fused-ring (bicyclic) bond motifs is 1. The lowest BCUT2D eigenvalue weighted by Gasteiger charge is -2.07. The van der Waals surface area contributed by atoms with E-state index in [-0.39, 0.29) is 5.69 Å². The summed E-state index contributed by atoms with van der Waals surface area (Å²) in [6, 6.07) is 6.90. The van der Waals surface area contributed by atoms with Crippen LogP contribution in [-0.4, -0.2) is 31.7 Å². The summed E-state index contributed by atoms with van der Waals surface area (Å²) in [6.07, 6.45) is 4.73. The first-order chi connectivity index (χ1) is 12.0. The molecule has 0 amide bonds. The van der Waals surface area contributed by atoms with Crippen LogP contribution in [-0.2, 0) is 0 Å². The van der Waals surface area contributed by atoms with Crippen LogP contribution in [0.2, 0.25) is 0 Å². The Kier molecular flexibility index (Phi) is 4.30. The van der Waals surface area contributed by atoms with Crippen LogP contribution in [0.5, 0.6) is 0 Å². The van der Waals surface area contributed by atoms with Crippen molar-refractivity contribution in [2.75, 3.05) is 0 Å². The summed E-state index contributed by atoms with van der Waals surface area (Å²) >= 11 is 0. The number of nitrogens with zero attached hydrogens (tertiary/aromatic N) is 4. The quantitative estimate of drug-likeness (QED) is 0.578. The molecule has 0 bridgehead atoms. The van der Waals surface area contributed by atoms with E-state index in [9.17, 15) is 9.90 Å². The second-order valence-electron chi connectivity index (χ2n) is 5.27. The molecule has 2 heterocycles. The zero-order valence-corrected chi connectivity index (χ0v) is 13.8. The van der Waals surface area contributed by atoms with E-state index >= 15 is 0 Å². The van der Waals surface area contributed by atoms with Crippen molar-refractivity contribution in [3.8, 4) is 11.3 Å². The molecule has 0 atom stereocenters. The number of carbonyl (C=O) groups is 1. The Bertz CT molecular complexity index is 1020. The predicted molar refractivity (Wildman–Crippen MR) is 94.7 cm³/mol. The van der Waals surface area contributed by atoms with Crippen LogP contribution in [0, 0.1) is 0 Å². The molecule has 0 aliphatic heterocycles. The maximum absolute atomic E-state index is 11.4. The molecular weight excluding hydrogens is 320 g/mol. The first-order valence-corrected chi connectivity index (χ1v) is 7.55. The van der Waals surface area contributed by atoms with Gasteiger partial charge < -0.3 is 9.52 Å². The molecule has 0 fully saturated rings. The molecule has 25 heavy (non-hydrogen) atoms. The second-order valence-corrected chi connectivity index (χ2v) is 5.27. The van der Waals surface area contributed by atoms with Gasteiger partial charge in [-0.1, -0.05) is 18.7 Å². The number of aromatic nitrogens is 3. The topological polar surface area (TPSA) is 93.5 Å². The predicted octanol–water partition coefficient (Wildman–Crippen LogP) is 3.75. The fraction of sp³-hybridized carbons (Fsp3) is 0.111. The number of oxazole rings is 1. The van der Waals surface area contributed by atoms with E-state index in [0.29, 0.717) is 17.1 Å². The average Bonchev–Trinajstić information content (AvgIpc) is 3.25. The normalized spacial score (nSPS) is 12.6. The Morgan fingerprint density at radius 2 is 2.20 bits per heavy atom. The molecule has 1 aromatic carbocycles. The summed E-state index contributed by atoms with van der Waals surface area (Å²) in [4.78, 5) is 19.9. The largest absolute Gasteiger partial charge is 0.476 e. The molecular formula is C18H16N4O3. The van der Waals surface area contributed by atoms with Gasteiger partial charge in [0.15, 0.2) is 23.5 Å². The summed E-state index contributed by atoms with van der Waals surface area (Å²) in [7, 11) is 0. The summed E-state index contributed by atoms with van der Waals surface area (Å²) < 4.78 is 6.79. The van der Waals surface area contributed by atoms with Gasteiger partial charge in [0.2, 0.25) is 0 Å². The zero-order chi connectivity index (χ0) is 18.0. The molecule has 1 N–H and O–H groups in total. The maximum Gasteiger partial charge on any atom is 0.356 e. The lowest BCUT2D eigenvalue weighted by molar-refractivity contribution is 0.0690. The number of hydrogen-bond donors (Lipinski definition) is 1. The van der Waals surface area contributed by atoms with Crippen LogP contribution in [0.3, 0.4) is 0 Å². The zero-order valence-electron chi connectivity index (χ0n) is 13.8. The molecule has 0 unspecified atom stereocenters. The van der Waals surface area contributed by atoms with E-state index in [2.05, 4.69) is 21.7 Å². The molecule has 3 aromatic rings. The SMILES string of the molecule is C=C/C(=N\C(C)=C/C)n1nc(C(=O)O)cc1-c1ccc2ncoc2c1. The van der Waals surface area contributed by atoms with Gasteiger partial charge in [-0.3, -0.25) is 0 Å². The van der Waals surface area contributed by atoms with E-state index in [4.69, 9.17) is 4.42 Å². The van der Waals surface area contributed by atoms with Crippen molar-refractivity contribution < 1.29 is 14.3 Å². The Balaban J connectivity index is 2.22. The molecule has 0 spiro atoms. The lowest BCUT2D eigenvalue weighted by atomic mass is 10.1. The molecule has 0 saturated carbocycles. The third kappa shape index (κ3) is 3.12. The van der Waals surface area contributed by atoms with Gasteiger partial charge in [0.05, 0.1) is 5.69 Å². The van der Waals surface area contributed by atoms with Crippen LogP contribution in [0.15, 0.2) is 64.5 Å². The van der Waals surface area contributed by atoms with Crippen molar-refractivity contribution in [3.63, 3.8) is 0 Å². The van der Waals surface area contributed by atoms with Gasteiger partial charge in [-0.25, -0.2) is 19.5 Å². The van der Waals surface area contributed by atoms with Gasteiger partial charge >= 0.3 is 5.97 Å². The van der Waals surface area contributed by atoms with Gasteiger partial charge in [0.1, 0.15) is 5.52 Å². The average molecular weight is 336 g/mol. The molecule has 0 radical (unpaired) electrons. The van der Waals surface area contributed by atoms with E-state index in [0.717, 1.165) is 16.8 Å². The van der Waals surface area contributed by atoms with Gasteiger partial charge in [-0.05, 0) is 38.1 Å². The van der Waals surface area contributed by atoms with E-state index in [1.807, 2.05) is 26.0 Å². The third-order valence-electron chi connectivity index (χ3n) is 3.66. The molecule has 2 aromatic heterocycles. The first kappa shape index (κ1) is 16.4. The molecule has 0 aliphatic carbocycles.